The molecule has 0 spiro atoms. The highest BCUT2D eigenvalue weighted by Gasteiger charge is 2.44. The Kier molecular flexibility index (Phi) is 1.65. The molecule has 2 heterocycles. The van der Waals surface area contributed by atoms with Crippen LogP contribution in [0, 0.1) is 11.5 Å². The van der Waals surface area contributed by atoms with Crippen molar-refractivity contribution in [3.8, 4) is 6.19 Å². The first-order valence-electron chi connectivity index (χ1n) is 3.88. The molecule has 12 heavy (non-hydrogen) atoms. The number of carbonyl (C=O) groups is 1. The lowest BCUT2D eigenvalue weighted by molar-refractivity contribution is 0.184. The number of rotatable bonds is 0. The first kappa shape index (κ1) is 7.74. The van der Waals surface area contributed by atoms with Gasteiger partial charge in [-0.05, 0) is 6.42 Å². The van der Waals surface area contributed by atoms with Gasteiger partial charge in [0, 0.05) is 13.1 Å². The molecule has 5 heteroatoms. The van der Waals surface area contributed by atoms with Crippen LogP contribution in [0.2, 0.25) is 0 Å². The van der Waals surface area contributed by atoms with Crippen LogP contribution in [0.4, 0.5) is 4.79 Å². The van der Waals surface area contributed by atoms with Gasteiger partial charge in [0.25, 0.3) is 5.24 Å². The summed E-state index contributed by atoms with van der Waals surface area (Å²) in [5.41, 5.74) is 0. The maximum absolute atomic E-state index is 10.9. The average molecular weight is 183 g/mol. The van der Waals surface area contributed by atoms with Gasteiger partial charge >= 0.3 is 0 Å². The summed E-state index contributed by atoms with van der Waals surface area (Å²) >= 11 is 3.77. The zero-order valence-electron chi connectivity index (χ0n) is 6.47. The molecular weight excluding hydrogens is 174 g/mol. The van der Waals surface area contributed by atoms with Crippen LogP contribution >= 0.6 is 12.6 Å². The first-order valence-corrected chi connectivity index (χ1v) is 4.33. The Balaban J connectivity index is 2.09. The van der Waals surface area contributed by atoms with Crippen molar-refractivity contribution in [3.63, 3.8) is 0 Å². The van der Waals surface area contributed by atoms with Crippen molar-refractivity contribution in [2.75, 3.05) is 13.1 Å². The molecule has 2 aliphatic heterocycles. The number of carbonyl (C=O) groups excluding carboxylic acids is 1. The predicted octanol–water partition coefficient (Wildman–Crippen LogP) is 0.276. The van der Waals surface area contributed by atoms with Crippen LogP contribution in [0.15, 0.2) is 0 Å². The summed E-state index contributed by atoms with van der Waals surface area (Å²) in [5, 5.41) is 8.50. The Bertz CT molecular complexity index is 262. The summed E-state index contributed by atoms with van der Waals surface area (Å²) in [5.74, 6) is 0. The zero-order valence-corrected chi connectivity index (χ0v) is 7.37. The maximum Gasteiger partial charge on any atom is 0.278 e. The predicted molar refractivity (Wildman–Crippen MR) is 45.6 cm³/mol. The van der Waals surface area contributed by atoms with Crippen LogP contribution in [0.25, 0.3) is 0 Å². The molecule has 0 aromatic carbocycles. The van der Waals surface area contributed by atoms with Gasteiger partial charge in [-0.3, -0.25) is 4.79 Å². The Morgan fingerprint density at radius 3 is 2.67 bits per heavy atom. The highest BCUT2D eigenvalue weighted by Crippen LogP contribution is 2.30. The van der Waals surface area contributed by atoms with E-state index in [4.69, 9.17) is 5.26 Å². The molecule has 0 radical (unpaired) electrons. The normalized spacial score (nSPS) is 32.3. The molecule has 64 valence electrons. The van der Waals surface area contributed by atoms with Crippen molar-refractivity contribution in [2.45, 2.75) is 18.5 Å². The van der Waals surface area contributed by atoms with E-state index in [1.54, 1.807) is 9.80 Å². The topological polar surface area (TPSA) is 47.3 Å². The summed E-state index contributed by atoms with van der Waals surface area (Å²) in [6.45, 7) is 1.36. The highest BCUT2D eigenvalue weighted by atomic mass is 32.1. The van der Waals surface area contributed by atoms with Gasteiger partial charge < -0.3 is 9.80 Å². The number of hydrogen-bond donors (Lipinski definition) is 1. The second-order valence-corrected chi connectivity index (χ2v) is 3.61. The van der Waals surface area contributed by atoms with E-state index in [-0.39, 0.29) is 17.3 Å². The van der Waals surface area contributed by atoms with Gasteiger partial charge in [0.15, 0.2) is 6.19 Å². The molecule has 1 amide bonds. The molecule has 2 bridgehead atoms. The van der Waals surface area contributed by atoms with Crippen LogP contribution in [-0.2, 0) is 0 Å². The van der Waals surface area contributed by atoms with Gasteiger partial charge in [0.05, 0.1) is 12.1 Å². The van der Waals surface area contributed by atoms with Crippen molar-refractivity contribution >= 4 is 17.9 Å². The van der Waals surface area contributed by atoms with Crippen LogP contribution < -0.4 is 0 Å². The average Bonchev–Trinajstić information content (AvgIpc) is 2.60. The fourth-order valence-electron chi connectivity index (χ4n) is 2.02. The monoisotopic (exact) mass is 183 g/mol. The van der Waals surface area contributed by atoms with Gasteiger partial charge in [0.2, 0.25) is 0 Å². The molecule has 2 saturated heterocycles. The molecule has 2 rings (SSSR count). The Morgan fingerprint density at radius 2 is 2.25 bits per heavy atom. The minimum absolute atomic E-state index is 0.167. The molecule has 2 unspecified atom stereocenters. The molecule has 2 atom stereocenters. The lowest BCUT2D eigenvalue weighted by atomic mass is 10.2. The Morgan fingerprint density at radius 1 is 1.50 bits per heavy atom. The maximum atomic E-state index is 10.9. The van der Waals surface area contributed by atoms with E-state index in [2.05, 4.69) is 18.8 Å². The van der Waals surface area contributed by atoms with Crippen molar-refractivity contribution in [3.05, 3.63) is 0 Å². The summed E-state index contributed by atoms with van der Waals surface area (Å²) in [7, 11) is 0. The van der Waals surface area contributed by atoms with Crippen LogP contribution in [0.3, 0.4) is 0 Å². The summed E-state index contributed by atoms with van der Waals surface area (Å²) in [6.07, 6.45) is 3.06. The van der Waals surface area contributed by atoms with E-state index < -0.39 is 0 Å². The van der Waals surface area contributed by atoms with E-state index in [0.29, 0.717) is 13.1 Å². The minimum Gasteiger partial charge on any atom is -0.327 e. The highest BCUT2D eigenvalue weighted by molar-refractivity contribution is 7.96. The second-order valence-electron chi connectivity index (χ2n) is 3.23. The number of nitrogens with zero attached hydrogens (tertiary/aromatic N) is 3. The second kappa shape index (κ2) is 2.56. The van der Waals surface area contributed by atoms with E-state index in [1.165, 1.54) is 0 Å². The van der Waals surface area contributed by atoms with Gasteiger partial charge in [-0.15, -0.1) is 0 Å². The van der Waals surface area contributed by atoms with Gasteiger partial charge in [-0.25, -0.2) is 0 Å². The third kappa shape index (κ3) is 0.950. The molecule has 0 aromatic heterocycles. The fraction of sp³-hybridized carbons (Fsp3) is 0.714. The van der Waals surface area contributed by atoms with Crippen molar-refractivity contribution < 1.29 is 4.79 Å². The van der Waals surface area contributed by atoms with E-state index >= 15 is 0 Å². The first-order chi connectivity index (χ1) is 5.72. The van der Waals surface area contributed by atoms with E-state index in [1.807, 2.05) is 0 Å². The lowest BCUT2D eigenvalue weighted by Gasteiger charge is -2.29. The van der Waals surface area contributed by atoms with Crippen molar-refractivity contribution in [1.82, 2.24) is 9.80 Å². The third-order valence-corrected chi connectivity index (χ3v) is 2.87. The molecule has 0 saturated carbocycles. The van der Waals surface area contributed by atoms with Gasteiger partial charge in [-0.1, -0.05) is 12.6 Å². The van der Waals surface area contributed by atoms with Gasteiger partial charge in [0.1, 0.15) is 0 Å². The number of thiol groups is 1. The summed E-state index contributed by atoms with van der Waals surface area (Å²) in [4.78, 5) is 14.4. The van der Waals surface area contributed by atoms with Crippen LogP contribution in [0.1, 0.15) is 6.42 Å². The molecular formula is C7H9N3OS. The molecule has 4 nitrogen and oxygen atoms in total. The number of hydrogen-bond acceptors (Lipinski definition) is 3. The van der Waals surface area contributed by atoms with E-state index in [0.717, 1.165) is 6.42 Å². The SMILES string of the molecule is N#CN1CC2CC1CN2C(=O)S. The minimum atomic E-state index is -0.167. The molecule has 0 aliphatic carbocycles. The van der Waals surface area contributed by atoms with Gasteiger partial charge in [-0.2, -0.15) is 5.26 Å². The molecule has 2 fully saturated rings. The van der Waals surface area contributed by atoms with E-state index in [9.17, 15) is 4.79 Å². The lowest BCUT2D eigenvalue weighted by Crippen LogP contribution is -2.45. The zero-order chi connectivity index (χ0) is 8.72. The number of piperazine rings is 1. The number of fused-ring (bicyclic) bond motifs is 2. The quantitative estimate of drug-likeness (QED) is 0.433. The number of likely N-dealkylation sites (tertiary alicyclic amines) is 2. The van der Waals surface area contributed by atoms with Crippen LogP contribution in [-0.4, -0.2) is 40.2 Å². The van der Waals surface area contributed by atoms with Crippen LogP contribution in [0.5, 0.6) is 0 Å². The largest absolute Gasteiger partial charge is 0.327 e. The molecule has 0 N–H and O–H groups in total. The smallest absolute Gasteiger partial charge is 0.278 e. The Labute approximate surface area is 76.1 Å². The fourth-order valence-corrected chi connectivity index (χ4v) is 2.27. The standard InChI is InChI=1S/C7H9N3OS/c8-4-9-2-6-1-5(9)3-10(6)7(11)12/h5-6H,1-3H2,(H,11,12). The summed E-state index contributed by atoms with van der Waals surface area (Å²) < 4.78 is 0. The molecule has 2 aliphatic rings. The Hall–Kier alpha value is -0.890. The number of amides is 1. The molecule has 0 aromatic rings. The third-order valence-electron chi connectivity index (χ3n) is 2.61. The van der Waals surface area contributed by atoms with Crippen molar-refractivity contribution in [2.24, 2.45) is 0 Å². The summed E-state index contributed by atoms with van der Waals surface area (Å²) in [6, 6.07) is 0.468. The number of nitriles is 1. The van der Waals surface area contributed by atoms with Crippen molar-refractivity contribution in [1.29, 1.82) is 5.26 Å².